The van der Waals surface area contributed by atoms with Crippen molar-refractivity contribution in [3.63, 3.8) is 0 Å². The predicted molar refractivity (Wildman–Crippen MR) is 108 cm³/mol. The number of hydrogen-bond acceptors (Lipinski definition) is 4. The van der Waals surface area contributed by atoms with E-state index in [1.54, 1.807) is 0 Å². The number of morpholine rings is 1. The van der Waals surface area contributed by atoms with E-state index in [0.717, 1.165) is 58.3 Å². The van der Waals surface area contributed by atoms with E-state index in [0.29, 0.717) is 6.04 Å². The van der Waals surface area contributed by atoms with Crippen LogP contribution in [0.4, 0.5) is 5.69 Å². The molecule has 2 aliphatic heterocycles. The van der Waals surface area contributed by atoms with Gasteiger partial charge in [0.05, 0.1) is 13.2 Å². The first-order valence-electron chi connectivity index (χ1n) is 9.68. The quantitative estimate of drug-likeness (QED) is 0.617. The number of hydrogen-bond donors (Lipinski definition) is 2. The molecule has 1 aromatic rings. The zero-order valence-corrected chi connectivity index (χ0v) is 16.4. The Kier molecular flexibility index (Phi) is 6.38. The van der Waals surface area contributed by atoms with Gasteiger partial charge in [0.15, 0.2) is 5.96 Å². The maximum absolute atomic E-state index is 5.47. The minimum atomic E-state index is 0.0765. The van der Waals surface area contributed by atoms with Crippen LogP contribution in [0, 0.1) is 0 Å². The molecule has 0 amide bonds. The third-order valence-electron chi connectivity index (χ3n) is 5.43. The lowest BCUT2D eigenvalue weighted by molar-refractivity contribution is -0.00834. The molecule has 6 nitrogen and oxygen atoms in total. The van der Waals surface area contributed by atoms with Crippen LogP contribution < -0.4 is 15.5 Å². The molecule has 0 aromatic heterocycles. The van der Waals surface area contributed by atoms with Crippen molar-refractivity contribution in [1.29, 1.82) is 0 Å². The number of nitrogens with one attached hydrogen (secondary N) is 2. The van der Waals surface area contributed by atoms with Crippen LogP contribution >= 0.6 is 0 Å². The molecule has 2 fully saturated rings. The first-order chi connectivity index (χ1) is 12.6. The zero-order valence-electron chi connectivity index (χ0n) is 16.4. The summed E-state index contributed by atoms with van der Waals surface area (Å²) in [5.74, 6) is 0.895. The van der Waals surface area contributed by atoms with Crippen molar-refractivity contribution < 1.29 is 4.74 Å². The number of nitrogens with zero attached hydrogens (tertiary/aromatic N) is 3. The summed E-state index contributed by atoms with van der Waals surface area (Å²) in [6.07, 6.45) is 1.13. The summed E-state index contributed by atoms with van der Waals surface area (Å²) in [6.45, 7) is 11.2. The van der Waals surface area contributed by atoms with Gasteiger partial charge in [-0.1, -0.05) is 18.2 Å². The molecule has 1 atom stereocenters. The standard InChI is InChI=1S/C20H33N5O/c1-20(2,25-11-13-26-14-12-25)16-22-19(21-3)23-17-9-10-24(15-17)18-7-5-4-6-8-18/h4-8,17H,9-16H2,1-3H3,(H2,21,22,23). The molecule has 2 heterocycles. The smallest absolute Gasteiger partial charge is 0.191 e. The number of rotatable bonds is 5. The second kappa shape index (κ2) is 8.73. The SMILES string of the molecule is CN=C(NCC(C)(C)N1CCOCC1)NC1CCN(c2ccccc2)C1. The average Bonchev–Trinajstić information content (AvgIpc) is 3.15. The summed E-state index contributed by atoms with van der Waals surface area (Å²) >= 11 is 0. The number of anilines is 1. The van der Waals surface area contributed by atoms with E-state index in [4.69, 9.17) is 4.74 Å². The Hall–Kier alpha value is -1.79. The van der Waals surface area contributed by atoms with Crippen LogP contribution in [0.3, 0.4) is 0 Å². The number of benzene rings is 1. The van der Waals surface area contributed by atoms with Gasteiger partial charge in [-0.05, 0) is 32.4 Å². The van der Waals surface area contributed by atoms with Crippen LogP contribution in [-0.4, -0.2) is 75.4 Å². The van der Waals surface area contributed by atoms with Gasteiger partial charge in [-0.25, -0.2) is 0 Å². The minimum absolute atomic E-state index is 0.0765. The van der Waals surface area contributed by atoms with E-state index in [2.05, 4.69) is 69.6 Å². The predicted octanol–water partition coefficient (Wildman–Crippen LogP) is 1.54. The highest BCUT2D eigenvalue weighted by Crippen LogP contribution is 2.19. The molecule has 2 aliphatic rings. The fourth-order valence-electron chi connectivity index (χ4n) is 3.72. The maximum atomic E-state index is 5.47. The molecule has 0 saturated carbocycles. The van der Waals surface area contributed by atoms with Crippen molar-refractivity contribution in [2.75, 3.05) is 57.9 Å². The maximum Gasteiger partial charge on any atom is 0.191 e. The Morgan fingerprint density at radius 2 is 1.92 bits per heavy atom. The van der Waals surface area contributed by atoms with Crippen LogP contribution in [0.1, 0.15) is 20.3 Å². The molecule has 26 heavy (non-hydrogen) atoms. The summed E-state index contributed by atoms with van der Waals surface area (Å²) in [5, 5.41) is 7.12. The molecule has 0 aliphatic carbocycles. The fraction of sp³-hybridized carbons (Fsp3) is 0.650. The Morgan fingerprint density at radius 3 is 2.62 bits per heavy atom. The lowest BCUT2D eigenvalue weighted by Crippen LogP contribution is -2.57. The van der Waals surface area contributed by atoms with Crippen molar-refractivity contribution in [2.24, 2.45) is 4.99 Å². The van der Waals surface area contributed by atoms with Crippen molar-refractivity contribution >= 4 is 11.6 Å². The molecule has 0 radical (unpaired) electrons. The van der Waals surface area contributed by atoms with E-state index in [9.17, 15) is 0 Å². The minimum Gasteiger partial charge on any atom is -0.379 e. The third kappa shape index (κ3) is 4.89. The molecular weight excluding hydrogens is 326 g/mol. The second-order valence-electron chi connectivity index (χ2n) is 7.75. The second-order valence-corrected chi connectivity index (χ2v) is 7.75. The number of guanidine groups is 1. The highest BCUT2D eigenvalue weighted by Gasteiger charge is 2.29. The Morgan fingerprint density at radius 1 is 1.19 bits per heavy atom. The van der Waals surface area contributed by atoms with E-state index in [1.807, 2.05) is 7.05 Å². The zero-order chi connectivity index (χ0) is 18.4. The number of ether oxygens (including phenoxy) is 1. The van der Waals surface area contributed by atoms with Gasteiger partial charge in [0, 0.05) is 57.0 Å². The Balaban J connectivity index is 1.47. The molecule has 144 valence electrons. The largest absolute Gasteiger partial charge is 0.379 e. The van der Waals surface area contributed by atoms with Gasteiger partial charge >= 0.3 is 0 Å². The van der Waals surface area contributed by atoms with E-state index in [-0.39, 0.29) is 5.54 Å². The number of aliphatic imine (C=N–C) groups is 1. The molecule has 3 rings (SSSR count). The van der Waals surface area contributed by atoms with Gasteiger partial charge in [0.25, 0.3) is 0 Å². The van der Waals surface area contributed by atoms with Crippen LogP contribution in [0.25, 0.3) is 0 Å². The van der Waals surface area contributed by atoms with Crippen molar-refractivity contribution in [3.05, 3.63) is 30.3 Å². The summed E-state index contributed by atoms with van der Waals surface area (Å²) in [6, 6.07) is 11.1. The lowest BCUT2D eigenvalue weighted by atomic mass is 10.0. The van der Waals surface area contributed by atoms with Crippen LogP contribution in [0.2, 0.25) is 0 Å². The lowest BCUT2D eigenvalue weighted by Gasteiger charge is -2.41. The highest BCUT2D eigenvalue weighted by molar-refractivity contribution is 5.80. The molecule has 2 N–H and O–H groups in total. The topological polar surface area (TPSA) is 52.1 Å². The average molecular weight is 360 g/mol. The van der Waals surface area contributed by atoms with Crippen molar-refractivity contribution in [1.82, 2.24) is 15.5 Å². The Bertz CT molecular complexity index is 583. The van der Waals surface area contributed by atoms with Gasteiger partial charge in [0.2, 0.25) is 0 Å². The normalized spacial score (nSPS) is 22.5. The number of para-hydroxylation sites is 1. The first-order valence-corrected chi connectivity index (χ1v) is 9.68. The first kappa shape index (κ1) is 19.0. The molecule has 0 bridgehead atoms. The van der Waals surface area contributed by atoms with Gasteiger partial charge in [-0.15, -0.1) is 0 Å². The van der Waals surface area contributed by atoms with Gasteiger partial charge < -0.3 is 20.3 Å². The molecular formula is C20H33N5O. The van der Waals surface area contributed by atoms with Gasteiger partial charge in [-0.2, -0.15) is 0 Å². The summed E-state index contributed by atoms with van der Waals surface area (Å²) in [7, 11) is 1.85. The van der Waals surface area contributed by atoms with E-state index in [1.165, 1.54) is 5.69 Å². The van der Waals surface area contributed by atoms with Gasteiger partial charge in [0.1, 0.15) is 0 Å². The molecule has 2 saturated heterocycles. The van der Waals surface area contributed by atoms with Crippen LogP contribution in [-0.2, 0) is 4.74 Å². The summed E-state index contributed by atoms with van der Waals surface area (Å²) < 4.78 is 5.47. The van der Waals surface area contributed by atoms with E-state index < -0.39 is 0 Å². The van der Waals surface area contributed by atoms with Crippen LogP contribution in [0.5, 0.6) is 0 Å². The summed E-state index contributed by atoms with van der Waals surface area (Å²) in [4.78, 5) is 9.35. The fourth-order valence-corrected chi connectivity index (χ4v) is 3.72. The molecule has 1 aromatic carbocycles. The van der Waals surface area contributed by atoms with Crippen LogP contribution in [0.15, 0.2) is 35.3 Å². The molecule has 6 heteroatoms. The molecule has 1 unspecified atom stereocenters. The van der Waals surface area contributed by atoms with Gasteiger partial charge in [-0.3, -0.25) is 9.89 Å². The third-order valence-corrected chi connectivity index (χ3v) is 5.43. The van der Waals surface area contributed by atoms with E-state index >= 15 is 0 Å². The summed E-state index contributed by atoms with van der Waals surface area (Å²) in [5.41, 5.74) is 1.38. The van der Waals surface area contributed by atoms with Crippen molar-refractivity contribution in [2.45, 2.75) is 31.8 Å². The Labute approximate surface area is 157 Å². The monoisotopic (exact) mass is 359 g/mol. The van der Waals surface area contributed by atoms with Crippen molar-refractivity contribution in [3.8, 4) is 0 Å². The highest BCUT2D eigenvalue weighted by atomic mass is 16.5. The molecule has 0 spiro atoms.